The Morgan fingerprint density at radius 3 is 0.933 bits per heavy atom. The summed E-state index contributed by atoms with van der Waals surface area (Å²) >= 11 is 0. The van der Waals surface area contributed by atoms with Crippen LogP contribution in [0.4, 0.5) is 0 Å². The smallest absolute Gasteiger partial charge is 0.0875 e. The Morgan fingerprint density at radius 1 is 0.367 bits per heavy atom. The van der Waals surface area contributed by atoms with Crippen LogP contribution in [0.25, 0.3) is 21.0 Å². The van der Waals surface area contributed by atoms with E-state index in [-0.39, 0.29) is 0 Å². The number of hydrogen-bond donors (Lipinski definition) is 0. The fraction of sp³-hybridized carbons (Fsp3) is 0. The van der Waals surface area contributed by atoms with Crippen LogP contribution in [0.1, 0.15) is 22.3 Å². The Morgan fingerprint density at radius 2 is 0.633 bits per heavy atom. The van der Waals surface area contributed by atoms with Crippen LogP contribution < -0.4 is 0 Å². The molecule has 0 aromatic heterocycles. The monoisotopic (exact) mass is 404 g/mol. The van der Waals surface area contributed by atoms with Gasteiger partial charge in [0.25, 0.3) is 0 Å². The zero-order valence-corrected chi connectivity index (χ0v) is 17.2. The third kappa shape index (κ3) is 3.26. The second kappa shape index (κ2) is 8.10. The van der Waals surface area contributed by atoms with E-state index in [0.717, 1.165) is 43.2 Å². The van der Waals surface area contributed by atoms with Gasteiger partial charge in [-0.3, -0.25) is 0 Å². The molecule has 144 valence electrons. The summed E-state index contributed by atoms with van der Waals surface area (Å²) in [5.74, 6) is 0. The highest BCUT2D eigenvalue weighted by molar-refractivity contribution is 8.04. The molecule has 1 heterocycles. The average Bonchev–Trinajstić information content (AvgIpc) is 3.14. The highest BCUT2D eigenvalue weighted by Crippen LogP contribution is 2.51. The molecule has 30 heavy (non-hydrogen) atoms. The van der Waals surface area contributed by atoms with Crippen molar-refractivity contribution in [3.63, 3.8) is 0 Å². The first-order valence-corrected chi connectivity index (χ1v) is 11.1. The molecule has 1 aliphatic rings. The lowest BCUT2D eigenvalue weighted by atomic mass is 9.89. The molecule has 0 unspecified atom stereocenters. The van der Waals surface area contributed by atoms with Crippen LogP contribution in [0, 0.1) is 0 Å². The van der Waals surface area contributed by atoms with Crippen LogP contribution in [0.15, 0.2) is 121 Å². The summed E-state index contributed by atoms with van der Waals surface area (Å²) in [6.07, 6.45) is 0. The van der Waals surface area contributed by atoms with E-state index in [1.165, 1.54) is 0 Å². The first kappa shape index (κ1) is 18.5. The van der Waals surface area contributed by atoms with Gasteiger partial charge in [-0.2, -0.15) is 0 Å². The third-order valence-corrected chi connectivity index (χ3v) is 6.89. The summed E-state index contributed by atoms with van der Waals surface area (Å²) in [6.45, 7) is 0. The van der Waals surface area contributed by atoms with Crippen molar-refractivity contribution >= 4 is 31.8 Å². The van der Waals surface area contributed by atoms with Crippen LogP contribution in [0.2, 0.25) is 0 Å². The number of rotatable bonds is 4. The lowest BCUT2D eigenvalue weighted by Gasteiger charge is -2.13. The molecule has 0 amide bonds. The van der Waals surface area contributed by atoms with E-state index >= 15 is 0 Å². The van der Waals surface area contributed by atoms with Gasteiger partial charge in [0.05, 0.1) is 20.6 Å². The minimum atomic E-state index is -1.30. The lowest BCUT2D eigenvalue weighted by molar-refractivity contribution is 0.694. The molecule has 0 N–H and O–H groups in total. The van der Waals surface area contributed by atoms with E-state index in [1.54, 1.807) is 0 Å². The Bertz CT molecular complexity index is 1150. The minimum Gasteiger partial charge on any atom is -0.249 e. The molecule has 5 rings (SSSR count). The Hall–Kier alpha value is -3.49. The summed E-state index contributed by atoms with van der Waals surface area (Å²) in [6, 6.07) is 40.8. The van der Waals surface area contributed by atoms with Crippen molar-refractivity contribution in [2.24, 2.45) is 0 Å². The Kier molecular flexibility index (Phi) is 5.00. The number of benzene rings is 4. The highest BCUT2D eigenvalue weighted by atomic mass is 32.2. The van der Waals surface area contributed by atoms with Crippen LogP contribution in [0.3, 0.4) is 0 Å². The van der Waals surface area contributed by atoms with Gasteiger partial charge in [-0.1, -0.05) is 121 Å². The van der Waals surface area contributed by atoms with Gasteiger partial charge in [0.2, 0.25) is 0 Å². The molecule has 0 fully saturated rings. The van der Waals surface area contributed by atoms with Crippen molar-refractivity contribution in [3.05, 3.63) is 144 Å². The molecule has 4 aromatic rings. The van der Waals surface area contributed by atoms with E-state index in [4.69, 9.17) is 0 Å². The maximum absolute atomic E-state index is 14.1. The lowest BCUT2D eigenvalue weighted by Crippen LogP contribution is -1.95. The van der Waals surface area contributed by atoms with E-state index in [2.05, 4.69) is 24.3 Å². The van der Waals surface area contributed by atoms with Crippen LogP contribution in [-0.4, -0.2) is 4.21 Å². The van der Waals surface area contributed by atoms with Crippen molar-refractivity contribution in [1.29, 1.82) is 0 Å². The highest BCUT2D eigenvalue weighted by Gasteiger charge is 2.34. The quantitative estimate of drug-likeness (QED) is 0.362. The molecule has 0 radical (unpaired) electrons. The fourth-order valence-electron chi connectivity index (χ4n) is 3.96. The summed E-state index contributed by atoms with van der Waals surface area (Å²) in [5.41, 5.74) is 6.24. The summed E-state index contributed by atoms with van der Waals surface area (Å²) in [4.78, 5) is 1.75. The van der Waals surface area contributed by atoms with Gasteiger partial charge in [0.1, 0.15) is 0 Å². The minimum absolute atomic E-state index is 0.875. The van der Waals surface area contributed by atoms with Crippen molar-refractivity contribution in [2.45, 2.75) is 0 Å². The van der Waals surface area contributed by atoms with E-state index in [9.17, 15) is 4.21 Å². The van der Waals surface area contributed by atoms with Crippen molar-refractivity contribution in [1.82, 2.24) is 0 Å². The van der Waals surface area contributed by atoms with Crippen LogP contribution in [-0.2, 0) is 10.8 Å². The topological polar surface area (TPSA) is 17.1 Å². The molecule has 1 aliphatic heterocycles. The van der Waals surface area contributed by atoms with Crippen molar-refractivity contribution in [2.75, 3.05) is 0 Å². The van der Waals surface area contributed by atoms with Gasteiger partial charge in [0.15, 0.2) is 0 Å². The maximum Gasteiger partial charge on any atom is 0.0875 e. The first-order valence-electron chi connectivity index (χ1n) is 9.97. The molecule has 0 saturated heterocycles. The molecule has 0 aliphatic carbocycles. The molecule has 0 atom stereocenters. The number of hydrogen-bond acceptors (Lipinski definition) is 1. The summed E-state index contributed by atoms with van der Waals surface area (Å²) in [5, 5.41) is 0. The van der Waals surface area contributed by atoms with Crippen LogP contribution in [0.5, 0.6) is 0 Å². The van der Waals surface area contributed by atoms with Crippen LogP contribution >= 0.6 is 0 Å². The standard InChI is InChI=1S/C28H20OS/c29-30-27(23-17-9-3-10-18-23)25(21-13-5-1-6-14-21)26(22-15-7-2-8-16-22)28(30)24-19-11-4-12-20-24/h1-20H. The predicted molar refractivity (Wildman–Crippen MR) is 128 cm³/mol. The van der Waals surface area contributed by atoms with Gasteiger partial charge in [-0.25, -0.2) is 4.21 Å². The van der Waals surface area contributed by atoms with E-state index in [1.807, 2.05) is 97.1 Å². The second-order valence-electron chi connectivity index (χ2n) is 7.14. The Labute approximate surface area is 179 Å². The van der Waals surface area contributed by atoms with Crippen molar-refractivity contribution < 1.29 is 4.21 Å². The molecule has 0 spiro atoms. The maximum atomic E-state index is 14.1. The first-order chi connectivity index (χ1) is 14.8. The van der Waals surface area contributed by atoms with Gasteiger partial charge in [-0.05, 0) is 22.3 Å². The average molecular weight is 405 g/mol. The van der Waals surface area contributed by atoms with E-state index < -0.39 is 10.8 Å². The zero-order valence-electron chi connectivity index (χ0n) is 16.4. The van der Waals surface area contributed by atoms with Gasteiger partial charge < -0.3 is 0 Å². The molecule has 0 bridgehead atoms. The molecule has 0 saturated carbocycles. The molecular weight excluding hydrogens is 384 g/mol. The fourth-order valence-corrected chi connectivity index (χ4v) is 5.67. The predicted octanol–water partition coefficient (Wildman–Crippen LogP) is 6.89. The number of allylic oxidation sites excluding steroid dienone is 2. The second-order valence-corrected chi connectivity index (χ2v) is 8.50. The molecule has 2 heteroatoms. The summed E-state index contributed by atoms with van der Waals surface area (Å²) in [7, 11) is -1.30. The normalized spacial score (nSPS) is 14.4. The molecular formula is C28H20OS. The van der Waals surface area contributed by atoms with Gasteiger partial charge in [0, 0.05) is 11.1 Å². The molecule has 1 nitrogen and oxygen atoms in total. The third-order valence-electron chi connectivity index (χ3n) is 5.27. The molecule has 4 aromatic carbocycles. The SMILES string of the molecule is O=S1C(c2ccccc2)=C(c2ccccc2)C(c2ccccc2)=C1c1ccccc1. The summed E-state index contributed by atoms with van der Waals surface area (Å²) < 4.78 is 14.1. The van der Waals surface area contributed by atoms with Gasteiger partial charge >= 0.3 is 0 Å². The Balaban J connectivity index is 1.88. The van der Waals surface area contributed by atoms with Gasteiger partial charge in [-0.15, -0.1) is 0 Å². The van der Waals surface area contributed by atoms with E-state index in [0.29, 0.717) is 0 Å². The zero-order chi connectivity index (χ0) is 20.3. The van der Waals surface area contributed by atoms with Crippen molar-refractivity contribution in [3.8, 4) is 0 Å². The largest absolute Gasteiger partial charge is 0.249 e.